The van der Waals surface area contributed by atoms with Crippen LogP contribution in [-0.2, 0) is 0 Å². The van der Waals surface area contributed by atoms with E-state index < -0.39 is 0 Å². The quantitative estimate of drug-likeness (QED) is 0.556. The van der Waals surface area contributed by atoms with Crippen molar-refractivity contribution in [1.82, 2.24) is 0 Å². The van der Waals surface area contributed by atoms with E-state index in [9.17, 15) is 0 Å². The summed E-state index contributed by atoms with van der Waals surface area (Å²) in [6.07, 6.45) is 6.07. The maximum atomic E-state index is 2.38. The van der Waals surface area contributed by atoms with Gasteiger partial charge in [-0.1, -0.05) is 38.8 Å². The maximum Gasteiger partial charge on any atom is 0.0377 e. The fourth-order valence-corrected chi connectivity index (χ4v) is 4.95. The summed E-state index contributed by atoms with van der Waals surface area (Å²) in [7, 11) is 2.40. The lowest BCUT2D eigenvalue weighted by Gasteiger charge is -2.29. The SMILES string of the molecule is C[Si]C1CCCCC1[Si]C. The molecule has 1 saturated carbocycles. The molecule has 2 atom stereocenters. The Balaban J connectivity index is 2.34. The molecule has 1 aliphatic rings. The molecule has 0 bridgehead atoms. The van der Waals surface area contributed by atoms with E-state index in [1.807, 2.05) is 0 Å². The van der Waals surface area contributed by atoms with Crippen LogP contribution in [0.2, 0.25) is 24.2 Å². The lowest BCUT2D eigenvalue weighted by Crippen LogP contribution is -2.16. The van der Waals surface area contributed by atoms with Gasteiger partial charge in [0.05, 0.1) is 0 Å². The van der Waals surface area contributed by atoms with Gasteiger partial charge in [0, 0.05) is 19.0 Å². The Hall–Kier alpha value is 0.434. The number of hydrogen-bond donors (Lipinski definition) is 0. The van der Waals surface area contributed by atoms with Crippen molar-refractivity contribution in [3.8, 4) is 0 Å². The van der Waals surface area contributed by atoms with Crippen molar-refractivity contribution in [3.63, 3.8) is 0 Å². The molecular weight excluding hydrogens is 152 g/mol. The Labute approximate surface area is 69.4 Å². The van der Waals surface area contributed by atoms with Crippen molar-refractivity contribution in [2.75, 3.05) is 0 Å². The third kappa shape index (κ3) is 1.96. The molecular formula is C8H16Si2. The van der Waals surface area contributed by atoms with E-state index in [1.165, 1.54) is 44.7 Å². The second kappa shape index (κ2) is 4.34. The molecule has 1 aliphatic carbocycles. The molecule has 0 saturated heterocycles. The third-order valence-corrected chi connectivity index (χ3v) is 5.71. The summed E-state index contributed by atoms with van der Waals surface area (Å²) in [6, 6.07) is 0. The lowest BCUT2D eigenvalue weighted by molar-refractivity contribution is 0.498. The minimum atomic E-state index is 1.11. The van der Waals surface area contributed by atoms with Crippen LogP contribution in [0, 0.1) is 0 Å². The first-order chi connectivity index (χ1) is 4.88. The molecule has 1 rings (SSSR count). The largest absolute Gasteiger partial charge is 0.0731 e. The molecule has 1 fully saturated rings. The van der Waals surface area contributed by atoms with E-state index in [4.69, 9.17) is 0 Å². The highest BCUT2D eigenvalue weighted by Gasteiger charge is 2.21. The van der Waals surface area contributed by atoms with E-state index in [2.05, 4.69) is 13.1 Å². The Morgan fingerprint density at radius 1 is 0.900 bits per heavy atom. The van der Waals surface area contributed by atoms with Crippen LogP contribution in [0.25, 0.3) is 0 Å². The third-order valence-electron chi connectivity index (χ3n) is 2.51. The van der Waals surface area contributed by atoms with Gasteiger partial charge in [0.1, 0.15) is 0 Å². The zero-order chi connectivity index (χ0) is 7.40. The molecule has 10 heavy (non-hydrogen) atoms. The molecule has 0 aromatic carbocycles. The first-order valence-corrected chi connectivity index (χ1v) is 7.38. The smallest absolute Gasteiger partial charge is 0.0377 e. The van der Waals surface area contributed by atoms with Gasteiger partial charge < -0.3 is 0 Å². The summed E-state index contributed by atoms with van der Waals surface area (Å²) in [4.78, 5) is 0. The normalized spacial score (nSPS) is 34.2. The van der Waals surface area contributed by atoms with Gasteiger partial charge in [-0.25, -0.2) is 0 Å². The summed E-state index contributed by atoms with van der Waals surface area (Å²) in [5.41, 5.74) is 2.22. The summed E-state index contributed by atoms with van der Waals surface area (Å²) in [6.45, 7) is 4.76. The highest BCUT2D eigenvalue weighted by atomic mass is 28.2. The first kappa shape index (κ1) is 8.53. The topological polar surface area (TPSA) is 0 Å². The van der Waals surface area contributed by atoms with E-state index in [0.29, 0.717) is 0 Å². The lowest BCUT2D eigenvalue weighted by atomic mass is 9.99. The zero-order valence-electron chi connectivity index (χ0n) is 6.98. The number of hydrogen-bond acceptors (Lipinski definition) is 0. The molecule has 0 N–H and O–H groups in total. The van der Waals surface area contributed by atoms with E-state index in [-0.39, 0.29) is 0 Å². The molecule has 0 aliphatic heterocycles. The summed E-state index contributed by atoms with van der Waals surface area (Å²) < 4.78 is 0. The highest BCUT2D eigenvalue weighted by molar-refractivity contribution is 6.43. The van der Waals surface area contributed by atoms with Crippen LogP contribution in [0.3, 0.4) is 0 Å². The predicted molar refractivity (Wildman–Crippen MR) is 49.2 cm³/mol. The molecule has 2 unspecified atom stereocenters. The Kier molecular flexibility index (Phi) is 3.70. The Morgan fingerprint density at radius 2 is 1.30 bits per heavy atom. The van der Waals surface area contributed by atoms with Gasteiger partial charge in [-0.3, -0.25) is 0 Å². The molecule has 2 heteroatoms. The monoisotopic (exact) mass is 168 g/mol. The Bertz CT molecular complexity index is 81.3. The summed E-state index contributed by atoms with van der Waals surface area (Å²) in [5.74, 6) is 0. The van der Waals surface area contributed by atoms with Gasteiger partial charge >= 0.3 is 0 Å². The molecule has 0 nitrogen and oxygen atoms in total. The fourth-order valence-electron chi connectivity index (χ4n) is 1.82. The molecule has 0 amide bonds. The van der Waals surface area contributed by atoms with Crippen LogP contribution < -0.4 is 0 Å². The zero-order valence-corrected chi connectivity index (χ0v) is 8.98. The van der Waals surface area contributed by atoms with Crippen molar-refractivity contribution in [1.29, 1.82) is 0 Å². The predicted octanol–water partition coefficient (Wildman–Crippen LogP) is 2.64. The maximum absolute atomic E-state index is 2.38. The standard InChI is InChI=1S/C8H16Si2/c1-9-7-5-3-4-6-8(7)10-2/h7-8H,3-6H2,1-2H3. The van der Waals surface area contributed by atoms with Gasteiger partial charge in [0.2, 0.25) is 0 Å². The minimum Gasteiger partial charge on any atom is -0.0731 e. The molecule has 0 heterocycles. The Morgan fingerprint density at radius 3 is 1.60 bits per heavy atom. The minimum absolute atomic E-state index is 1.11. The van der Waals surface area contributed by atoms with Gasteiger partial charge in [-0.2, -0.15) is 0 Å². The van der Waals surface area contributed by atoms with Crippen molar-refractivity contribution >= 4 is 19.0 Å². The van der Waals surface area contributed by atoms with Crippen LogP contribution in [0.1, 0.15) is 25.7 Å². The van der Waals surface area contributed by atoms with Crippen molar-refractivity contribution in [2.24, 2.45) is 0 Å². The average Bonchev–Trinajstić information content (AvgIpc) is 2.04. The van der Waals surface area contributed by atoms with Gasteiger partial charge in [-0.15, -0.1) is 0 Å². The van der Waals surface area contributed by atoms with Gasteiger partial charge in [0.15, 0.2) is 0 Å². The van der Waals surface area contributed by atoms with Crippen LogP contribution in [0.4, 0.5) is 0 Å². The van der Waals surface area contributed by atoms with Gasteiger partial charge in [-0.05, 0) is 11.1 Å². The van der Waals surface area contributed by atoms with Crippen molar-refractivity contribution in [2.45, 2.75) is 49.9 Å². The van der Waals surface area contributed by atoms with Crippen molar-refractivity contribution in [3.05, 3.63) is 0 Å². The molecule has 0 spiro atoms. The fraction of sp³-hybridized carbons (Fsp3) is 1.00. The second-order valence-electron chi connectivity index (χ2n) is 3.07. The van der Waals surface area contributed by atoms with E-state index >= 15 is 0 Å². The first-order valence-electron chi connectivity index (χ1n) is 4.23. The van der Waals surface area contributed by atoms with E-state index in [1.54, 1.807) is 0 Å². The summed E-state index contributed by atoms with van der Waals surface area (Å²) in [5, 5.41) is 0. The van der Waals surface area contributed by atoms with Crippen LogP contribution in [-0.4, -0.2) is 19.0 Å². The van der Waals surface area contributed by atoms with Gasteiger partial charge in [0.25, 0.3) is 0 Å². The van der Waals surface area contributed by atoms with Crippen LogP contribution >= 0.6 is 0 Å². The second-order valence-corrected chi connectivity index (χ2v) is 5.71. The molecule has 0 aromatic rings. The average molecular weight is 168 g/mol. The highest BCUT2D eigenvalue weighted by Crippen LogP contribution is 2.37. The molecule has 56 valence electrons. The van der Waals surface area contributed by atoms with Crippen LogP contribution in [0.5, 0.6) is 0 Å². The molecule has 4 radical (unpaired) electrons. The molecule has 0 aromatic heterocycles. The van der Waals surface area contributed by atoms with Crippen molar-refractivity contribution < 1.29 is 0 Å². The summed E-state index contributed by atoms with van der Waals surface area (Å²) >= 11 is 0. The van der Waals surface area contributed by atoms with Crippen LogP contribution in [0.15, 0.2) is 0 Å². The van der Waals surface area contributed by atoms with E-state index in [0.717, 1.165) is 11.1 Å². The number of rotatable bonds is 2.